The third-order valence-electron chi connectivity index (χ3n) is 4.44. The topological polar surface area (TPSA) is 29.0 Å². The van der Waals surface area contributed by atoms with Gasteiger partial charge in [0.05, 0.1) is 0 Å². The second-order valence-electron chi connectivity index (χ2n) is 5.74. The molecule has 0 radical (unpaired) electrons. The molecular formula is C15H23N3. The van der Waals surface area contributed by atoms with Gasteiger partial charge in [0.25, 0.3) is 0 Å². The monoisotopic (exact) mass is 245 g/mol. The first kappa shape index (κ1) is 11.9. The Balaban J connectivity index is 1.93. The molecule has 0 amide bonds. The van der Waals surface area contributed by atoms with E-state index in [1.165, 1.54) is 62.3 Å². The van der Waals surface area contributed by atoms with Crippen molar-refractivity contribution in [2.24, 2.45) is 5.92 Å². The number of rotatable bonds is 2. The van der Waals surface area contributed by atoms with E-state index in [2.05, 4.69) is 16.8 Å². The minimum Gasteiger partial charge on any atom is -0.356 e. The maximum absolute atomic E-state index is 4.75. The summed E-state index contributed by atoms with van der Waals surface area (Å²) in [7, 11) is 0. The van der Waals surface area contributed by atoms with Crippen molar-refractivity contribution in [2.45, 2.75) is 52.4 Å². The molecule has 1 unspecified atom stereocenters. The Bertz CT molecular complexity index is 442. The van der Waals surface area contributed by atoms with Gasteiger partial charge in [-0.1, -0.05) is 13.3 Å². The van der Waals surface area contributed by atoms with Crippen LogP contribution in [0.3, 0.4) is 0 Å². The summed E-state index contributed by atoms with van der Waals surface area (Å²) in [6.07, 6.45) is 7.55. The fourth-order valence-corrected chi connectivity index (χ4v) is 3.31. The standard InChI is InChI=1S/C15H23N3/c1-3-12-8-9-18(10-12)15-13-6-4-5-7-14(13)16-11(2)17-15/h12H,3-10H2,1-2H3. The van der Waals surface area contributed by atoms with Gasteiger partial charge in [-0.15, -0.1) is 0 Å². The van der Waals surface area contributed by atoms with E-state index < -0.39 is 0 Å². The number of aryl methyl sites for hydroxylation is 2. The minimum absolute atomic E-state index is 0.861. The van der Waals surface area contributed by atoms with Crippen LogP contribution in [0.1, 0.15) is 49.7 Å². The third kappa shape index (κ3) is 2.11. The summed E-state index contributed by atoms with van der Waals surface area (Å²) < 4.78 is 0. The first-order valence-corrected chi connectivity index (χ1v) is 7.39. The molecule has 2 heterocycles. The lowest BCUT2D eigenvalue weighted by Gasteiger charge is -2.25. The number of nitrogens with zero attached hydrogens (tertiary/aromatic N) is 3. The molecule has 3 nitrogen and oxygen atoms in total. The van der Waals surface area contributed by atoms with Gasteiger partial charge < -0.3 is 4.90 Å². The molecule has 0 saturated carbocycles. The molecular weight excluding hydrogens is 222 g/mol. The summed E-state index contributed by atoms with van der Waals surface area (Å²) >= 11 is 0. The predicted octanol–water partition coefficient (Wildman–Crippen LogP) is 2.90. The number of hydrogen-bond acceptors (Lipinski definition) is 3. The third-order valence-corrected chi connectivity index (χ3v) is 4.44. The van der Waals surface area contributed by atoms with Crippen LogP contribution in [0, 0.1) is 12.8 Å². The molecule has 1 aromatic heterocycles. The fraction of sp³-hybridized carbons (Fsp3) is 0.733. The highest BCUT2D eigenvalue weighted by Gasteiger charge is 2.26. The summed E-state index contributed by atoms with van der Waals surface area (Å²) in [5.41, 5.74) is 2.77. The van der Waals surface area contributed by atoms with Crippen LogP contribution in [0.2, 0.25) is 0 Å². The molecule has 1 atom stereocenters. The molecule has 0 aromatic carbocycles. The Hall–Kier alpha value is -1.12. The molecule has 3 heteroatoms. The lowest BCUT2D eigenvalue weighted by molar-refractivity contribution is 0.568. The zero-order valence-corrected chi connectivity index (χ0v) is 11.6. The van der Waals surface area contributed by atoms with E-state index in [4.69, 9.17) is 4.98 Å². The molecule has 3 rings (SSSR count). The first-order valence-electron chi connectivity index (χ1n) is 7.39. The normalized spacial score (nSPS) is 23.2. The molecule has 1 fully saturated rings. The number of aromatic nitrogens is 2. The maximum atomic E-state index is 4.75. The van der Waals surface area contributed by atoms with Crippen molar-refractivity contribution in [3.63, 3.8) is 0 Å². The second-order valence-corrected chi connectivity index (χ2v) is 5.74. The van der Waals surface area contributed by atoms with Crippen LogP contribution in [0.4, 0.5) is 5.82 Å². The largest absolute Gasteiger partial charge is 0.356 e. The van der Waals surface area contributed by atoms with Gasteiger partial charge >= 0.3 is 0 Å². The van der Waals surface area contributed by atoms with E-state index >= 15 is 0 Å². The molecule has 0 spiro atoms. The van der Waals surface area contributed by atoms with Gasteiger partial charge in [0, 0.05) is 24.3 Å². The van der Waals surface area contributed by atoms with Gasteiger partial charge in [-0.25, -0.2) is 9.97 Å². The van der Waals surface area contributed by atoms with E-state index in [1.54, 1.807) is 0 Å². The van der Waals surface area contributed by atoms with Crippen LogP contribution in [0.15, 0.2) is 0 Å². The highest BCUT2D eigenvalue weighted by Crippen LogP contribution is 2.31. The van der Waals surface area contributed by atoms with Gasteiger partial charge in [0.1, 0.15) is 11.6 Å². The van der Waals surface area contributed by atoms with Crippen molar-refractivity contribution >= 4 is 5.82 Å². The highest BCUT2D eigenvalue weighted by atomic mass is 15.2. The van der Waals surface area contributed by atoms with Crippen LogP contribution < -0.4 is 4.90 Å². The average Bonchev–Trinajstić information content (AvgIpc) is 2.86. The molecule has 1 aliphatic carbocycles. The van der Waals surface area contributed by atoms with E-state index in [0.717, 1.165) is 18.2 Å². The molecule has 2 aliphatic rings. The van der Waals surface area contributed by atoms with Crippen LogP contribution in [-0.2, 0) is 12.8 Å². The summed E-state index contributed by atoms with van der Waals surface area (Å²) in [5.74, 6) is 3.07. The Morgan fingerprint density at radius 2 is 2.06 bits per heavy atom. The smallest absolute Gasteiger partial charge is 0.135 e. The molecule has 1 aliphatic heterocycles. The van der Waals surface area contributed by atoms with Crippen LogP contribution in [0.25, 0.3) is 0 Å². The van der Waals surface area contributed by atoms with Crippen molar-refractivity contribution in [1.82, 2.24) is 9.97 Å². The van der Waals surface area contributed by atoms with Crippen molar-refractivity contribution in [2.75, 3.05) is 18.0 Å². The predicted molar refractivity (Wildman–Crippen MR) is 74.0 cm³/mol. The zero-order chi connectivity index (χ0) is 12.5. The van der Waals surface area contributed by atoms with E-state index in [0.29, 0.717) is 0 Å². The first-order chi connectivity index (χ1) is 8.78. The van der Waals surface area contributed by atoms with Gasteiger partial charge in [0.2, 0.25) is 0 Å². The van der Waals surface area contributed by atoms with Crippen LogP contribution in [-0.4, -0.2) is 23.1 Å². The van der Waals surface area contributed by atoms with Crippen molar-refractivity contribution in [3.8, 4) is 0 Å². The number of hydrogen-bond donors (Lipinski definition) is 0. The van der Waals surface area contributed by atoms with Gasteiger partial charge in [-0.2, -0.15) is 0 Å². The quantitative estimate of drug-likeness (QED) is 0.802. The molecule has 1 saturated heterocycles. The molecule has 0 bridgehead atoms. The lowest BCUT2D eigenvalue weighted by atomic mass is 9.96. The number of fused-ring (bicyclic) bond motifs is 1. The Morgan fingerprint density at radius 1 is 1.22 bits per heavy atom. The van der Waals surface area contributed by atoms with E-state index in [9.17, 15) is 0 Å². The Morgan fingerprint density at radius 3 is 2.83 bits per heavy atom. The van der Waals surface area contributed by atoms with Gasteiger partial charge in [0.15, 0.2) is 0 Å². The van der Waals surface area contributed by atoms with Crippen LogP contribution in [0.5, 0.6) is 0 Å². The highest BCUT2D eigenvalue weighted by molar-refractivity contribution is 5.51. The van der Waals surface area contributed by atoms with Gasteiger partial charge in [-0.05, 0) is 44.9 Å². The molecule has 0 N–H and O–H groups in total. The Kier molecular flexibility index (Phi) is 3.23. The molecule has 98 valence electrons. The second kappa shape index (κ2) is 4.87. The minimum atomic E-state index is 0.861. The average molecular weight is 245 g/mol. The van der Waals surface area contributed by atoms with Crippen molar-refractivity contribution in [1.29, 1.82) is 0 Å². The summed E-state index contributed by atoms with van der Waals surface area (Å²) in [6.45, 7) is 6.71. The maximum Gasteiger partial charge on any atom is 0.135 e. The summed E-state index contributed by atoms with van der Waals surface area (Å²) in [6, 6.07) is 0. The van der Waals surface area contributed by atoms with Crippen molar-refractivity contribution in [3.05, 3.63) is 17.1 Å². The summed E-state index contributed by atoms with van der Waals surface area (Å²) in [4.78, 5) is 11.9. The van der Waals surface area contributed by atoms with E-state index in [1.807, 2.05) is 6.92 Å². The fourth-order valence-electron chi connectivity index (χ4n) is 3.31. The lowest BCUT2D eigenvalue weighted by Crippen LogP contribution is -2.25. The van der Waals surface area contributed by atoms with Crippen LogP contribution >= 0.6 is 0 Å². The molecule has 1 aromatic rings. The van der Waals surface area contributed by atoms with Crippen molar-refractivity contribution < 1.29 is 0 Å². The molecule has 18 heavy (non-hydrogen) atoms. The van der Waals surface area contributed by atoms with E-state index in [-0.39, 0.29) is 0 Å². The SMILES string of the molecule is CCC1CCN(c2nc(C)nc3c2CCCC3)C1. The van der Waals surface area contributed by atoms with Gasteiger partial charge in [-0.3, -0.25) is 0 Å². The number of anilines is 1. The Labute approximate surface area is 110 Å². The summed E-state index contributed by atoms with van der Waals surface area (Å²) in [5, 5.41) is 0. The zero-order valence-electron chi connectivity index (χ0n) is 11.6.